The Labute approximate surface area is 180 Å². The fourth-order valence-electron chi connectivity index (χ4n) is 2.76. The number of ether oxygens (including phenoxy) is 1. The third-order valence-electron chi connectivity index (χ3n) is 4.12. The summed E-state index contributed by atoms with van der Waals surface area (Å²) in [6.07, 6.45) is -9.11. The normalized spacial score (nSPS) is 17.3. The van der Waals surface area contributed by atoms with E-state index >= 15 is 0 Å². The Bertz CT molecular complexity index is 1030. The van der Waals surface area contributed by atoms with Crippen molar-refractivity contribution in [1.29, 1.82) is 0 Å². The molecule has 3 rings (SSSR count). The first-order chi connectivity index (χ1) is 14.8. The molecule has 8 nitrogen and oxygen atoms in total. The Kier molecular flexibility index (Phi) is 6.34. The fourth-order valence-corrected chi connectivity index (χ4v) is 2.99. The van der Waals surface area contributed by atoms with E-state index in [0.717, 1.165) is 30.5 Å². The summed E-state index contributed by atoms with van der Waals surface area (Å²) in [4.78, 5) is 30.4. The molecule has 3 amide bonds. The summed E-state index contributed by atoms with van der Waals surface area (Å²) in [6.45, 7) is -0.0892. The second kappa shape index (κ2) is 8.68. The number of halogens is 7. The molecule has 1 aromatic carbocycles. The van der Waals surface area contributed by atoms with E-state index in [1.54, 1.807) is 0 Å². The van der Waals surface area contributed by atoms with E-state index < -0.39 is 53.2 Å². The molecular formula is C17H12ClF6N5O3. The number of hydrogen-bond donors (Lipinski definition) is 3. The van der Waals surface area contributed by atoms with Gasteiger partial charge in [-0.1, -0.05) is 17.7 Å². The average molecular weight is 484 g/mol. The molecule has 1 aromatic heterocycles. The van der Waals surface area contributed by atoms with Crippen molar-refractivity contribution in [2.75, 3.05) is 6.54 Å². The van der Waals surface area contributed by atoms with Crippen molar-refractivity contribution in [1.82, 2.24) is 25.9 Å². The Morgan fingerprint density at radius 2 is 1.94 bits per heavy atom. The zero-order valence-corrected chi connectivity index (χ0v) is 16.3. The highest BCUT2D eigenvalue weighted by atomic mass is 35.5. The van der Waals surface area contributed by atoms with Crippen LogP contribution in [-0.4, -0.2) is 40.9 Å². The van der Waals surface area contributed by atoms with E-state index in [4.69, 9.17) is 11.6 Å². The highest BCUT2D eigenvalue weighted by Crippen LogP contribution is 2.34. The minimum Gasteiger partial charge on any atom is -0.404 e. The van der Waals surface area contributed by atoms with Crippen molar-refractivity contribution in [2.24, 2.45) is 0 Å². The molecule has 2 aromatic rings. The second-order valence-electron chi connectivity index (χ2n) is 6.39. The number of rotatable bonds is 5. The molecule has 2 heterocycles. The first-order valence-corrected chi connectivity index (χ1v) is 9.01. The second-order valence-corrected chi connectivity index (χ2v) is 6.80. The summed E-state index contributed by atoms with van der Waals surface area (Å²) in [5, 5.41) is 6.54. The molecule has 32 heavy (non-hydrogen) atoms. The number of alkyl halides is 6. The molecule has 0 spiro atoms. The predicted octanol–water partition coefficient (Wildman–Crippen LogP) is 2.93. The van der Waals surface area contributed by atoms with Gasteiger partial charge in [-0.15, -0.1) is 13.2 Å². The SMILES string of the molecule is O=C1NC[C@@H](C(=O)N[C@H](c2ccc(OC(F)(F)F)c(Cl)c2)c2ccnc(C(F)(F)F)n2)N1. The molecule has 172 valence electrons. The lowest BCUT2D eigenvalue weighted by atomic mass is 10.0. The van der Waals surface area contributed by atoms with Crippen molar-refractivity contribution in [2.45, 2.75) is 24.6 Å². The molecule has 2 atom stereocenters. The van der Waals surface area contributed by atoms with E-state index in [9.17, 15) is 35.9 Å². The van der Waals surface area contributed by atoms with Gasteiger partial charge in [0.15, 0.2) is 0 Å². The fraction of sp³-hybridized carbons (Fsp3) is 0.294. The maximum atomic E-state index is 13.0. The van der Waals surface area contributed by atoms with Gasteiger partial charge < -0.3 is 20.7 Å². The van der Waals surface area contributed by atoms with Crippen LogP contribution in [0.3, 0.4) is 0 Å². The first kappa shape index (κ1) is 23.4. The molecule has 3 N–H and O–H groups in total. The largest absolute Gasteiger partial charge is 0.573 e. The van der Waals surface area contributed by atoms with E-state index in [2.05, 4.69) is 30.7 Å². The van der Waals surface area contributed by atoms with Crippen LogP contribution in [0, 0.1) is 0 Å². The molecule has 1 fully saturated rings. The third-order valence-corrected chi connectivity index (χ3v) is 4.41. The van der Waals surface area contributed by atoms with Crippen molar-refractivity contribution < 1.29 is 40.7 Å². The van der Waals surface area contributed by atoms with E-state index in [1.165, 1.54) is 0 Å². The monoisotopic (exact) mass is 483 g/mol. The topological polar surface area (TPSA) is 105 Å². The minimum atomic E-state index is -5.03. The van der Waals surface area contributed by atoms with Crippen LogP contribution < -0.4 is 20.7 Å². The van der Waals surface area contributed by atoms with Crippen molar-refractivity contribution in [3.8, 4) is 5.75 Å². The van der Waals surface area contributed by atoms with Crippen LogP contribution in [0.1, 0.15) is 23.1 Å². The molecule has 15 heteroatoms. The molecule has 0 saturated carbocycles. The highest BCUT2D eigenvalue weighted by Gasteiger charge is 2.36. The molecule has 0 bridgehead atoms. The zero-order valence-electron chi connectivity index (χ0n) is 15.5. The van der Waals surface area contributed by atoms with Crippen LogP contribution in [-0.2, 0) is 11.0 Å². The number of carbonyl (C=O) groups excluding carboxylic acids is 2. The Morgan fingerprint density at radius 1 is 1.22 bits per heavy atom. The summed E-state index contributed by atoms with van der Waals surface area (Å²) >= 11 is 5.84. The van der Waals surface area contributed by atoms with Crippen molar-refractivity contribution in [3.63, 3.8) is 0 Å². The number of nitrogens with one attached hydrogen (secondary N) is 3. The van der Waals surface area contributed by atoms with Crippen molar-refractivity contribution >= 4 is 23.5 Å². The summed E-state index contributed by atoms with van der Waals surface area (Å²) in [5.74, 6) is -3.03. The van der Waals surface area contributed by atoms with Crippen LogP contribution in [0.15, 0.2) is 30.5 Å². The molecule has 0 radical (unpaired) electrons. The standard InChI is InChI=1S/C17H12ClF6N5O3/c18-8-5-7(1-2-11(8)32-17(22,23)24)12(29-13(30)10-6-26-15(31)28-10)9-3-4-25-14(27-9)16(19,20)21/h1-5,10,12H,6H2,(H,29,30)(H2,26,28,31)/t10-,12+/m0/s1. The lowest BCUT2D eigenvalue weighted by Crippen LogP contribution is -2.44. The van der Waals surface area contributed by atoms with Gasteiger partial charge in [0, 0.05) is 12.7 Å². The van der Waals surface area contributed by atoms with Gasteiger partial charge in [0.25, 0.3) is 0 Å². The van der Waals surface area contributed by atoms with Crippen LogP contribution in [0.2, 0.25) is 5.02 Å². The lowest BCUT2D eigenvalue weighted by Gasteiger charge is -2.22. The average Bonchev–Trinajstić information content (AvgIpc) is 3.12. The number of urea groups is 1. The van der Waals surface area contributed by atoms with Crippen LogP contribution in [0.25, 0.3) is 0 Å². The first-order valence-electron chi connectivity index (χ1n) is 8.63. The van der Waals surface area contributed by atoms with E-state index in [0.29, 0.717) is 0 Å². The smallest absolute Gasteiger partial charge is 0.404 e. The van der Waals surface area contributed by atoms with Gasteiger partial charge in [-0.25, -0.2) is 14.8 Å². The van der Waals surface area contributed by atoms with Gasteiger partial charge >= 0.3 is 18.6 Å². The van der Waals surface area contributed by atoms with Gasteiger partial charge in [-0.2, -0.15) is 13.2 Å². The van der Waals surface area contributed by atoms with Gasteiger partial charge in [-0.3, -0.25) is 4.79 Å². The van der Waals surface area contributed by atoms with Crippen LogP contribution >= 0.6 is 11.6 Å². The molecule has 0 aliphatic carbocycles. The summed E-state index contributed by atoms with van der Waals surface area (Å²) in [6, 6.07) is 0.931. The number of amides is 3. The number of hydrogen-bond acceptors (Lipinski definition) is 5. The number of carbonyl (C=O) groups is 2. The minimum absolute atomic E-state index is 0.00183. The molecule has 1 aliphatic rings. The number of benzene rings is 1. The Balaban J connectivity index is 1.98. The quantitative estimate of drug-likeness (QED) is 0.567. The van der Waals surface area contributed by atoms with E-state index in [1.807, 2.05) is 0 Å². The molecule has 1 saturated heterocycles. The van der Waals surface area contributed by atoms with Crippen LogP contribution in [0.4, 0.5) is 31.1 Å². The molecule has 0 unspecified atom stereocenters. The third kappa shape index (κ3) is 5.69. The Morgan fingerprint density at radius 3 is 2.50 bits per heavy atom. The number of aromatic nitrogens is 2. The van der Waals surface area contributed by atoms with Gasteiger partial charge in [0.1, 0.15) is 11.8 Å². The summed E-state index contributed by atoms with van der Waals surface area (Å²) < 4.78 is 80.3. The molecular weight excluding hydrogens is 472 g/mol. The van der Waals surface area contributed by atoms with Crippen LogP contribution in [0.5, 0.6) is 5.75 Å². The Hall–Kier alpha value is -3.29. The zero-order chi connectivity index (χ0) is 23.7. The van der Waals surface area contributed by atoms with Gasteiger partial charge in [0.05, 0.1) is 16.8 Å². The van der Waals surface area contributed by atoms with Crippen molar-refractivity contribution in [3.05, 3.63) is 52.6 Å². The lowest BCUT2D eigenvalue weighted by molar-refractivity contribution is -0.274. The highest BCUT2D eigenvalue weighted by molar-refractivity contribution is 6.32. The number of nitrogens with zero attached hydrogens (tertiary/aromatic N) is 2. The maximum absolute atomic E-state index is 13.0. The van der Waals surface area contributed by atoms with Gasteiger partial charge in [0.2, 0.25) is 11.7 Å². The van der Waals surface area contributed by atoms with Gasteiger partial charge in [-0.05, 0) is 23.8 Å². The molecule has 1 aliphatic heterocycles. The summed E-state index contributed by atoms with van der Waals surface area (Å²) in [5.41, 5.74) is -0.319. The van der Waals surface area contributed by atoms with E-state index in [-0.39, 0.29) is 17.8 Å². The predicted molar refractivity (Wildman–Crippen MR) is 95.5 cm³/mol. The summed E-state index contributed by atoms with van der Waals surface area (Å²) in [7, 11) is 0. The maximum Gasteiger partial charge on any atom is 0.573 e.